The van der Waals surface area contributed by atoms with Gasteiger partial charge >= 0.3 is 0 Å². The van der Waals surface area contributed by atoms with Crippen molar-refractivity contribution in [2.24, 2.45) is 5.73 Å². The van der Waals surface area contributed by atoms with E-state index >= 15 is 0 Å². The lowest BCUT2D eigenvalue weighted by molar-refractivity contribution is 0.286. The number of hydrogen-bond acceptors (Lipinski definition) is 2. The first-order valence-corrected chi connectivity index (χ1v) is 4.94. The van der Waals surface area contributed by atoms with E-state index < -0.39 is 0 Å². The molecule has 1 atom stereocenters. The number of rotatable bonds is 3. The molecule has 1 rings (SSSR count). The lowest BCUT2D eigenvalue weighted by Gasteiger charge is -2.15. The van der Waals surface area contributed by atoms with Gasteiger partial charge in [-0.05, 0) is 38.0 Å². The van der Waals surface area contributed by atoms with Crippen LogP contribution in [0.25, 0.3) is 0 Å². The molecule has 0 fully saturated rings. The van der Waals surface area contributed by atoms with Gasteiger partial charge in [-0.25, -0.2) is 0 Å². The minimum absolute atomic E-state index is 0.217. The van der Waals surface area contributed by atoms with Crippen molar-refractivity contribution in [1.29, 1.82) is 0 Å². The fraction of sp³-hybridized carbons (Fsp3) is 0.364. The van der Waals surface area contributed by atoms with Crippen LogP contribution in [-0.4, -0.2) is 11.1 Å². The van der Waals surface area contributed by atoms with E-state index in [0.717, 1.165) is 11.3 Å². The highest BCUT2D eigenvalue weighted by atomic mass is 32.1. The van der Waals surface area contributed by atoms with Crippen LogP contribution in [0.15, 0.2) is 18.2 Å². The Bertz CT molecular complexity index is 349. The third-order valence-corrected chi connectivity index (χ3v) is 2.38. The van der Waals surface area contributed by atoms with Gasteiger partial charge in [-0.1, -0.05) is 24.4 Å². The summed E-state index contributed by atoms with van der Waals surface area (Å²) in [6, 6.07) is 6.06. The Hall–Kier alpha value is -1.09. The Kier molecular flexibility index (Phi) is 3.47. The van der Waals surface area contributed by atoms with Gasteiger partial charge in [0.05, 0.1) is 0 Å². The van der Waals surface area contributed by atoms with E-state index in [1.165, 1.54) is 5.56 Å². The molecule has 0 bridgehead atoms. The third-order valence-electron chi connectivity index (χ3n) is 2.05. The number of ether oxygens (including phenoxy) is 1. The predicted octanol–water partition coefficient (Wildman–Crippen LogP) is 2.36. The maximum Gasteiger partial charge on any atom is 0.145 e. The van der Waals surface area contributed by atoms with E-state index in [9.17, 15) is 0 Å². The third kappa shape index (κ3) is 2.70. The van der Waals surface area contributed by atoms with Crippen LogP contribution in [0.4, 0.5) is 0 Å². The quantitative estimate of drug-likeness (QED) is 0.776. The highest BCUT2D eigenvalue weighted by Gasteiger charge is 2.08. The summed E-state index contributed by atoms with van der Waals surface area (Å²) in [4.78, 5) is 0.380. The molecule has 0 amide bonds. The predicted molar refractivity (Wildman–Crippen MR) is 62.8 cm³/mol. The molecule has 1 aromatic rings. The highest BCUT2D eigenvalue weighted by molar-refractivity contribution is 7.80. The lowest BCUT2D eigenvalue weighted by atomic mass is 10.1. The molecular formula is C11H15NOS. The number of benzene rings is 1. The van der Waals surface area contributed by atoms with Gasteiger partial charge in [-0.3, -0.25) is 0 Å². The van der Waals surface area contributed by atoms with Crippen molar-refractivity contribution >= 4 is 17.2 Å². The van der Waals surface area contributed by atoms with Gasteiger partial charge in [0.2, 0.25) is 0 Å². The van der Waals surface area contributed by atoms with E-state index in [-0.39, 0.29) is 6.10 Å². The second kappa shape index (κ2) is 4.42. The zero-order chi connectivity index (χ0) is 10.7. The van der Waals surface area contributed by atoms with E-state index in [1.807, 2.05) is 39.0 Å². The average molecular weight is 209 g/mol. The minimum Gasteiger partial charge on any atom is -0.483 e. The van der Waals surface area contributed by atoms with Crippen LogP contribution in [0, 0.1) is 13.8 Å². The van der Waals surface area contributed by atoms with Crippen molar-refractivity contribution in [1.82, 2.24) is 0 Å². The van der Waals surface area contributed by atoms with Gasteiger partial charge in [0.15, 0.2) is 0 Å². The molecular weight excluding hydrogens is 194 g/mol. The fourth-order valence-electron chi connectivity index (χ4n) is 1.08. The molecule has 0 saturated heterocycles. The molecule has 0 spiro atoms. The smallest absolute Gasteiger partial charge is 0.145 e. The fourth-order valence-corrected chi connectivity index (χ4v) is 1.13. The first kappa shape index (κ1) is 11.0. The molecule has 1 unspecified atom stereocenters. The summed E-state index contributed by atoms with van der Waals surface area (Å²) in [6.45, 7) is 5.88. The van der Waals surface area contributed by atoms with Crippen molar-refractivity contribution in [2.75, 3.05) is 0 Å². The molecule has 2 nitrogen and oxygen atoms in total. The number of thiocarbonyl (C=S) groups is 1. The van der Waals surface area contributed by atoms with Crippen molar-refractivity contribution in [3.63, 3.8) is 0 Å². The van der Waals surface area contributed by atoms with Crippen LogP contribution < -0.4 is 10.5 Å². The van der Waals surface area contributed by atoms with Crippen molar-refractivity contribution < 1.29 is 4.74 Å². The van der Waals surface area contributed by atoms with Crippen molar-refractivity contribution in [2.45, 2.75) is 26.9 Å². The van der Waals surface area contributed by atoms with E-state index in [2.05, 4.69) is 0 Å². The zero-order valence-corrected chi connectivity index (χ0v) is 9.52. The summed E-state index contributed by atoms with van der Waals surface area (Å²) in [7, 11) is 0. The highest BCUT2D eigenvalue weighted by Crippen LogP contribution is 2.20. The molecule has 14 heavy (non-hydrogen) atoms. The molecule has 0 aliphatic carbocycles. The van der Waals surface area contributed by atoms with Crippen LogP contribution in [0.3, 0.4) is 0 Å². The second-order valence-electron chi connectivity index (χ2n) is 3.43. The molecule has 1 aromatic carbocycles. The molecule has 76 valence electrons. The first-order chi connectivity index (χ1) is 6.50. The minimum atomic E-state index is -0.217. The van der Waals surface area contributed by atoms with Gasteiger partial charge in [0.25, 0.3) is 0 Å². The summed E-state index contributed by atoms with van der Waals surface area (Å²) in [5, 5.41) is 0. The summed E-state index contributed by atoms with van der Waals surface area (Å²) in [5.74, 6) is 0.852. The Morgan fingerprint density at radius 1 is 1.43 bits per heavy atom. The maximum atomic E-state index is 5.62. The molecule has 0 aliphatic rings. The first-order valence-electron chi connectivity index (χ1n) is 4.54. The van der Waals surface area contributed by atoms with Crippen molar-refractivity contribution in [3.8, 4) is 5.75 Å². The van der Waals surface area contributed by atoms with Gasteiger partial charge in [-0.2, -0.15) is 0 Å². The SMILES string of the molecule is Cc1ccc(C)c(OC(C)C(N)=S)c1. The van der Waals surface area contributed by atoms with Gasteiger partial charge in [-0.15, -0.1) is 0 Å². The van der Waals surface area contributed by atoms with Gasteiger partial charge < -0.3 is 10.5 Å². The average Bonchev–Trinajstić information content (AvgIpc) is 2.11. The molecule has 0 aliphatic heterocycles. The molecule has 0 saturated carbocycles. The van der Waals surface area contributed by atoms with Crippen LogP contribution in [0.1, 0.15) is 18.1 Å². The van der Waals surface area contributed by atoms with Crippen LogP contribution >= 0.6 is 12.2 Å². The summed E-state index contributed by atoms with van der Waals surface area (Å²) in [5.41, 5.74) is 7.74. The topological polar surface area (TPSA) is 35.2 Å². The number of nitrogens with two attached hydrogens (primary N) is 1. The summed E-state index contributed by atoms with van der Waals surface area (Å²) >= 11 is 4.85. The Morgan fingerprint density at radius 3 is 2.64 bits per heavy atom. The Morgan fingerprint density at radius 2 is 2.07 bits per heavy atom. The van der Waals surface area contributed by atoms with E-state index in [1.54, 1.807) is 0 Å². The number of aryl methyl sites for hydroxylation is 2. The standard InChI is InChI=1S/C11H15NOS/c1-7-4-5-8(2)10(6-7)13-9(3)11(12)14/h4-6,9H,1-3H3,(H2,12,14). The Labute approximate surface area is 90.1 Å². The second-order valence-corrected chi connectivity index (χ2v) is 3.90. The van der Waals surface area contributed by atoms with E-state index in [4.69, 9.17) is 22.7 Å². The Balaban J connectivity index is 2.85. The van der Waals surface area contributed by atoms with Crippen molar-refractivity contribution in [3.05, 3.63) is 29.3 Å². The monoisotopic (exact) mass is 209 g/mol. The maximum absolute atomic E-state index is 5.62. The normalized spacial score (nSPS) is 12.2. The molecule has 0 aromatic heterocycles. The molecule has 3 heteroatoms. The summed E-state index contributed by atoms with van der Waals surface area (Å²) in [6.07, 6.45) is -0.217. The van der Waals surface area contributed by atoms with Gasteiger partial charge in [0.1, 0.15) is 16.8 Å². The molecule has 0 heterocycles. The zero-order valence-electron chi connectivity index (χ0n) is 8.70. The number of hydrogen-bond donors (Lipinski definition) is 1. The van der Waals surface area contributed by atoms with Gasteiger partial charge in [0, 0.05) is 0 Å². The largest absolute Gasteiger partial charge is 0.483 e. The van der Waals surface area contributed by atoms with E-state index in [0.29, 0.717) is 4.99 Å². The molecule has 2 N–H and O–H groups in total. The molecule has 0 radical (unpaired) electrons. The lowest BCUT2D eigenvalue weighted by Crippen LogP contribution is -2.29. The van der Waals surface area contributed by atoms with Crippen LogP contribution in [-0.2, 0) is 0 Å². The van der Waals surface area contributed by atoms with Crippen LogP contribution in [0.5, 0.6) is 5.75 Å². The summed E-state index contributed by atoms with van der Waals surface area (Å²) < 4.78 is 5.62. The van der Waals surface area contributed by atoms with Crippen LogP contribution in [0.2, 0.25) is 0 Å².